The van der Waals surface area contributed by atoms with Gasteiger partial charge in [0.2, 0.25) is 0 Å². The normalized spacial score (nSPS) is 10.2. The zero-order valence-corrected chi connectivity index (χ0v) is 19.0. The van der Waals surface area contributed by atoms with Gasteiger partial charge in [-0.15, -0.1) is 0 Å². The molecule has 8 heteroatoms. The quantitative estimate of drug-likeness (QED) is 0.503. The van der Waals surface area contributed by atoms with Gasteiger partial charge in [0, 0.05) is 19.2 Å². The van der Waals surface area contributed by atoms with Crippen LogP contribution in [0.5, 0.6) is 0 Å². The third kappa shape index (κ3) is 9.48. The first-order chi connectivity index (χ1) is 14.3. The van der Waals surface area contributed by atoms with Crippen molar-refractivity contribution in [2.45, 2.75) is 27.2 Å². The molecule has 0 amide bonds. The van der Waals surface area contributed by atoms with Crippen LogP contribution in [0, 0.1) is 0 Å². The number of benzene rings is 2. The molecule has 0 aliphatic carbocycles. The van der Waals surface area contributed by atoms with Crippen LogP contribution in [0.1, 0.15) is 26.3 Å². The molecule has 0 aliphatic rings. The van der Waals surface area contributed by atoms with Gasteiger partial charge in [-0.25, -0.2) is 0 Å². The number of halogens is 2. The number of nitrogens with one attached hydrogen (secondary N) is 1. The maximum Gasteiger partial charge on any atom is 0.307 e. The summed E-state index contributed by atoms with van der Waals surface area (Å²) in [7, 11) is 0. The van der Waals surface area contributed by atoms with E-state index in [1.165, 1.54) is 6.92 Å². The Balaban J connectivity index is 0.000000352. The van der Waals surface area contributed by atoms with Gasteiger partial charge in [0.05, 0.1) is 22.2 Å². The van der Waals surface area contributed by atoms with Gasteiger partial charge >= 0.3 is 11.9 Å². The summed E-state index contributed by atoms with van der Waals surface area (Å²) in [6.07, 6.45) is -0.0642. The fourth-order valence-electron chi connectivity index (χ4n) is 2.57. The maximum atomic E-state index is 10.8. The number of anilines is 2. The van der Waals surface area contributed by atoms with Crippen molar-refractivity contribution in [2.75, 3.05) is 31.6 Å². The van der Waals surface area contributed by atoms with Crippen LogP contribution < -0.4 is 5.32 Å². The molecular formula is C22H28Cl2N2O4. The molecule has 2 N–H and O–H groups in total. The number of rotatable bonds is 9. The van der Waals surface area contributed by atoms with Gasteiger partial charge in [0.25, 0.3) is 0 Å². The molecule has 6 nitrogen and oxygen atoms in total. The van der Waals surface area contributed by atoms with Gasteiger partial charge in [-0.1, -0.05) is 61.3 Å². The Morgan fingerprint density at radius 1 is 1.03 bits per heavy atom. The molecular weight excluding hydrogens is 427 g/mol. The highest BCUT2D eigenvalue weighted by molar-refractivity contribution is 6.39. The standard InChI is InChI=1S/C14H11Cl2NO2.C8H17NO2/c15-10-5-3-6-11(16)14(10)17-12-7-2-1-4-9(12)8-13(18)19;1-4-9(5-2)6-7-11-8(3)10/h1-7,17H,8H2,(H,18,19);4-7H2,1-3H3. The van der Waals surface area contributed by atoms with Crippen LogP contribution in [0.4, 0.5) is 11.4 Å². The second kappa shape index (κ2) is 13.9. The number of likely N-dealkylation sites (N-methyl/N-ethyl adjacent to an activating group) is 1. The van der Waals surface area contributed by atoms with Crippen LogP contribution in [-0.4, -0.2) is 48.2 Å². The summed E-state index contributed by atoms with van der Waals surface area (Å²) in [4.78, 5) is 23.4. The Morgan fingerprint density at radius 2 is 1.63 bits per heavy atom. The van der Waals surface area contributed by atoms with Crippen LogP contribution in [0.3, 0.4) is 0 Å². The minimum absolute atomic E-state index is 0.0642. The van der Waals surface area contributed by atoms with Crippen molar-refractivity contribution in [2.24, 2.45) is 0 Å². The molecule has 0 heterocycles. The number of carboxylic acids is 1. The molecule has 0 spiro atoms. The highest BCUT2D eigenvalue weighted by Gasteiger charge is 2.10. The van der Waals surface area contributed by atoms with Crippen molar-refractivity contribution in [3.05, 3.63) is 58.1 Å². The second-order valence-electron chi connectivity index (χ2n) is 6.32. The number of nitrogens with zero attached hydrogens (tertiary/aromatic N) is 1. The second-order valence-corrected chi connectivity index (χ2v) is 7.13. The SMILES string of the molecule is CCN(CC)CCOC(C)=O.O=C(O)Cc1ccccc1Nc1c(Cl)cccc1Cl. The predicted octanol–water partition coefficient (Wildman–Crippen LogP) is 5.26. The van der Waals surface area contributed by atoms with Crippen molar-refractivity contribution in [1.29, 1.82) is 0 Å². The molecule has 0 radical (unpaired) electrons. The van der Waals surface area contributed by atoms with E-state index in [4.69, 9.17) is 33.0 Å². The molecule has 164 valence electrons. The molecule has 0 fully saturated rings. The number of hydrogen-bond donors (Lipinski definition) is 2. The number of esters is 1. The number of carboxylic acid groups (broad SMARTS) is 1. The van der Waals surface area contributed by atoms with E-state index in [1.54, 1.807) is 36.4 Å². The van der Waals surface area contributed by atoms with E-state index in [1.807, 2.05) is 6.07 Å². The number of para-hydroxylation sites is 2. The summed E-state index contributed by atoms with van der Waals surface area (Å²) in [6.45, 7) is 9.00. The Morgan fingerprint density at radius 3 is 2.17 bits per heavy atom. The highest BCUT2D eigenvalue weighted by atomic mass is 35.5. The van der Waals surface area contributed by atoms with E-state index in [0.29, 0.717) is 33.6 Å². The van der Waals surface area contributed by atoms with Crippen molar-refractivity contribution in [3.63, 3.8) is 0 Å². The van der Waals surface area contributed by atoms with Crippen molar-refractivity contribution >= 4 is 46.5 Å². The molecule has 0 bridgehead atoms. The van der Waals surface area contributed by atoms with Crippen molar-refractivity contribution in [3.8, 4) is 0 Å². The fraction of sp³-hybridized carbons (Fsp3) is 0.364. The lowest BCUT2D eigenvalue weighted by atomic mass is 10.1. The summed E-state index contributed by atoms with van der Waals surface area (Å²) >= 11 is 12.1. The van der Waals surface area contributed by atoms with Crippen LogP contribution in [0.2, 0.25) is 10.0 Å². The van der Waals surface area contributed by atoms with E-state index in [-0.39, 0.29) is 12.4 Å². The van der Waals surface area contributed by atoms with Gasteiger partial charge in [-0.2, -0.15) is 0 Å². The average Bonchev–Trinajstić information content (AvgIpc) is 2.69. The summed E-state index contributed by atoms with van der Waals surface area (Å²) in [6, 6.07) is 12.3. The smallest absolute Gasteiger partial charge is 0.307 e. The van der Waals surface area contributed by atoms with Crippen LogP contribution in [0.15, 0.2) is 42.5 Å². The summed E-state index contributed by atoms with van der Waals surface area (Å²) in [5.41, 5.74) is 1.93. The Kier molecular flexibility index (Phi) is 11.9. The van der Waals surface area contributed by atoms with E-state index < -0.39 is 5.97 Å². The summed E-state index contributed by atoms with van der Waals surface area (Å²) in [5, 5.41) is 12.9. The Bertz CT molecular complexity index is 806. The van der Waals surface area contributed by atoms with Crippen molar-refractivity contribution < 1.29 is 19.4 Å². The molecule has 2 aromatic rings. The first kappa shape index (κ1) is 25.8. The molecule has 30 heavy (non-hydrogen) atoms. The number of ether oxygens (including phenoxy) is 1. The lowest BCUT2D eigenvalue weighted by Crippen LogP contribution is -2.27. The number of aliphatic carboxylic acids is 1. The molecule has 0 aliphatic heterocycles. The van der Waals surface area contributed by atoms with Crippen LogP contribution >= 0.6 is 23.2 Å². The van der Waals surface area contributed by atoms with Crippen molar-refractivity contribution in [1.82, 2.24) is 4.90 Å². The van der Waals surface area contributed by atoms with Gasteiger partial charge < -0.3 is 20.1 Å². The van der Waals surface area contributed by atoms with Crippen LogP contribution in [-0.2, 0) is 20.7 Å². The molecule has 0 atom stereocenters. The third-order valence-electron chi connectivity index (χ3n) is 4.19. The van der Waals surface area contributed by atoms with E-state index in [9.17, 15) is 9.59 Å². The van der Waals surface area contributed by atoms with Gasteiger partial charge in [-0.3, -0.25) is 9.59 Å². The predicted molar refractivity (Wildman–Crippen MR) is 122 cm³/mol. The van der Waals surface area contributed by atoms with E-state index in [2.05, 4.69) is 24.1 Å². The summed E-state index contributed by atoms with van der Waals surface area (Å²) < 4.78 is 4.80. The van der Waals surface area contributed by atoms with Gasteiger partial charge in [0.15, 0.2) is 0 Å². The zero-order chi connectivity index (χ0) is 22.5. The molecule has 0 unspecified atom stereocenters. The molecule has 2 rings (SSSR count). The minimum atomic E-state index is -0.889. The third-order valence-corrected chi connectivity index (χ3v) is 4.82. The highest BCUT2D eigenvalue weighted by Crippen LogP contribution is 2.33. The molecule has 0 saturated carbocycles. The topological polar surface area (TPSA) is 78.9 Å². The number of carbonyl (C=O) groups excluding carboxylic acids is 1. The maximum absolute atomic E-state index is 10.8. The fourth-order valence-corrected chi connectivity index (χ4v) is 3.06. The lowest BCUT2D eigenvalue weighted by Gasteiger charge is -2.16. The van der Waals surface area contributed by atoms with Gasteiger partial charge in [-0.05, 0) is 36.9 Å². The zero-order valence-electron chi connectivity index (χ0n) is 17.5. The Hall–Kier alpha value is -2.28. The average molecular weight is 455 g/mol. The lowest BCUT2D eigenvalue weighted by molar-refractivity contribution is -0.141. The van der Waals surface area contributed by atoms with Crippen LogP contribution in [0.25, 0.3) is 0 Å². The van der Waals surface area contributed by atoms with Gasteiger partial charge in [0.1, 0.15) is 6.61 Å². The van der Waals surface area contributed by atoms with E-state index >= 15 is 0 Å². The number of carbonyl (C=O) groups is 2. The Labute approximate surface area is 187 Å². The van der Waals surface area contributed by atoms with E-state index in [0.717, 1.165) is 19.6 Å². The molecule has 0 aromatic heterocycles. The largest absolute Gasteiger partial charge is 0.481 e. The molecule has 2 aromatic carbocycles. The number of hydrogen-bond acceptors (Lipinski definition) is 5. The first-order valence-corrected chi connectivity index (χ1v) is 10.4. The first-order valence-electron chi connectivity index (χ1n) is 9.64. The minimum Gasteiger partial charge on any atom is -0.481 e. The molecule has 0 saturated heterocycles. The summed E-state index contributed by atoms with van der Waals surface area (Å²) in [5.74, 6) is -1.09. The monoisotopic (exact) mass is 454 g/mol.